The van der Waals surface area contributed by atoms with Gasteiger partial charge in [-0.2, -0.15) is 0 Å². The van der Waals surface area contributed by atoms with E-state index in [1.807, 2.05) is 0 Å². The predicted molar refractivity (Wildman–Crippen MR) is 122 cm³/mol. The molecule has 0 atom stereocenters. The second-order valence-corrected chi connectivity index (χ2v) is 13.2. The smallest absolute Gasteiger partial charge is 0.252 e. The Balaban J connectivity index is 1.28. The van der Waals surface area contributed by atoms with Crippen molar-refractivity contribution in [3.05, 3.63) is 28.8 Å². The molecule has 5 fully saturated rings. The molecule has 2 N–H and O–H groups in total. The van der Waals surface area contributed by atoms with Crippen molar-refractivity contribution in [2.24, 2.45) is 29.1 Å². The number of amides is 1. The number of rotatable bonds is 6. The third-order valence-electron chi connectivity index (χ3n) is 8.24. The van der Waals surface area contributed by atoms with E-state index in [1.165, 1.54) is 50.7 Å². The average Bonchev–Trinajstić information content (AvgIpc) is 2.72. The largest absolute Gasteiger partial charge is 0.351 e. The number of piperidine rings is 1. The van der Waals surface area contributed by atoms with E-state index in [1.54, 1.807) is 6.07 Å². The van der Waals surface area contributed by atoms with E-state index >= 15 is 0 Å². The van der Waals surface area contributed by atoms with Crippen molar-refractivity contribution < 1.29 is 13.2 Å². The van der Waals surface area contributed by atoms with Crippen LogP contribution in [0.25, 0.3) is 0 Å². The molecular formula is C24H33ClN2O3S. The first kappa shape index (κ1) is 21.7. The molecule has 0 unspecified atom stereocenters. The molecule has 0 spiro atoms. The molecule has 4 bridgehead atoms. The van der Waals surface area contributed by atoms with Crippen LogP contribution in [0.4, 0.5) is 0 Å². The second-order valence-electron chi connectivity index (χ2n) is 10.7. The van der Waals surface area contributed by atoms with Gasteiger partial charge in [0.25, 0.3) is 5.91 Å². The number of nitrogens with one attached hydrogen (secondary N) is 2. The van der Waals surface area contributed by atoms with Crippen molar-refractivity contribution in [2.45, 2.75) is 56.3 Å². The van der Waals surface area contributed by atoms with Crippen LogP contribution in [0.15, 0.2) is 23.1 Å². The summed E-state index contributed by atoms with van der Waals surface area (Å²) in [7, 11) is -3.45. The van der Waals surface area contributed by atoms with Gasteiger partial charge >= 0.3 is 0 Å². The topological polar surface area (TPSA) is 75.3 Å². The molecule has 7 heteroatoms. The maximum Gasteiger partial charge on any atom is 0.252 e. The minimum Gasteiger partial charge on any atom is -0.351 e. The van der Waals surface area contributed by atoms with Crippen LogP contribution in [0.2, 0.25) is 5.02 Å². The van der Waals surface area contributed by atoms with Gasteiger partial charge < -0.3 is 10.6 Å². The van der Waals surface area contributed by atoms with Gasteiger partial charge in [0.15, 0.2) is 9.84 Å². The molecular weight excluding hydrogens is 432 g/mol. The molecule has 0 aromatic heterocycles. The maximum atomic E-state index is 13.0. The SMILES string of the molecule is O=C(NCC12CC3CC(CC(C3)C1)C2)c1cc(S(=O)(=O)CC2CCNCC2)ccc1Cl. The Labute approximate surface area is 190 Å². The highest BCUT2D eigenvalue weighted by Crippen LogP contribution is 2.59. The van der Waals surface area contributed by atoms with Gasteiger partial charge in [-0.25, -0.2) is 8.42 Å². The first-order valence-corrected chi connectivity index (χ1v) is 13.9. The number of carbonyl (C=O) groups excluding carboxylic acids is 1. The molecule has 1 aromatic carbocycles. The highest BCUT2D eigenvalue weighted by atomic mass is 35.5. The molecule has 5 nitrogen and oxygen atoms in total. The third kappa shape index (κ3) is 4.53. The summed E-state index contributed by atoms with van der Waals surface area (Å²) in [6, 6.07) is 4.57. The number of carbonyl (C=O) groups is 1. The van der Waals surface area contributed by atoms with Crippen molar-refractivity contribution in [1.82, 2.24) is 10.6 Å². The number of benzene rings is 1. The number of sulfone groups is 1. The Morgan fingerprint density at radius 1 is 1.06 bits per heavy atom. The van der Waals surface area contributed by atoms with Crippen molar-refractivity contribution in [3.8, 4) is 0 Å². The lowest BCUT2D eigenvalue weighted by molar-refractivity contribution is -0.0503. The van der Waals surface area contributed by atoms with Crippen LogP contribution < -0.4 is 10.6 Å². The Bertz CT molecular complexity index is 920. The fourth-order valence-corrected chi connectivity index (χ4v) is 9.12. The zero-order chi connectivity index (χ0) is 21.6. The fraction of sp³-hybridized carbons (Fsp3) is 0.708. The molecule has 1 aliphatic heterocycles. The molecule has 1 saturated heterocycles. The summed E-state index contributed by atoms with van der Waals surface area (Å²) in [5, 5.41) is 6.71. The molecule has 1 amide bonds. The van der Waals surface area contributed by atoms with E-state index in [2.05, 4.69) is 10.6 Å². The second kappa shape index (κ2) is 8.35. The molecule has 31 heavy (non-hydrogen) atoms. The van der Waals surface area contributed by atoms with Crippen molar-refractivity contribution >= 4 is 27.3 Å². The van der Waals surface area contributed by atoms with Gasteiger partial charge in [-0.15, -0.1) is 0 Å². The minimum atomic E-state index is -3.45. The molecule has 1 aromatic rings. The van der Waals surface area contributed by atoms with E-state index in [-0.39, 0.29) is 33.5 Å². The van der Waals surface area contributed by atoms with Crippen LogP contribution in [0.5, 0.6) is 0 Å². The highest BCUT2D eigenvalue weighted by Gasteiger charge is 2.50. The van der Waals surface area contributed by atoms with E-state index in [0.717, 1.165) is 43.7 Å². The van der Waals surface area contributed by atoms with Gasteiger partial charge in [0.1, 0.15) is 0 Å². The third-order valence-corrected chi connectivity index (χ3v) is 10.5. The monoisotopic (exact) mass is 464 g/mol. The van der Waals surface area contributed by atoms with E-state index in [0.29, 0.717) is 11.6 Å². The summed E-state index contributed by atoms with van der Waals surface area (Å²) >= 11 is 6.32. The van der Waals surface area contributed by atoms with Crippen molar-refractivity contribution in [1.29, 1.82) is 0 Å². The lowest BCUT2D eigenvalue weighted by Gasteiger charge is -2.56. The average molecular weight is 465 g/mol. The van der Waals surface area contributed by atoms with Gasteiger partial charge in [-0.1, -0.05) is 11.6 Å². The van der Waals surface area contributed by atoms with Crippen LogP contribution in [0.1, 0.15) is 61.7 Å². The quantitative estimate of drug-likeness (QED) is 0.665. The van der Waals surface area contributed by atoms with E-state index in [4.69, 9.17) is 11.6 Å². The zero-order valence-corrected chi connectivity index (χ0v) is 19.6. The molecule has 4 aliphatic carbocycles. The summed E-state index contributed by atoms with van der Waals surface area (Å²) in [6.45, 7) is 2.40. The summed E-state index contributed by atoms with van der Waals surface area (Å²) in [5.41, 5.74) is 0.507. The van der Waals surface area contributed by atoms with Crippen molar-refractivity contribution in [3.63, 3.8) is 0 Å². The maximum absolute atomic E-state index is 13.0. The molecule has 1 heterocycles. The first-order chi connectivity index (χ1) is 14.8. The van der Waals surface area contributed by atoms with Gasteiger partial charge in [-0.3, -0.25) is 4.79 Å². The highest BCUT2D eigenvalue weighted by molar-refractivity contribution is 7.91. The molecule has 170 valence electrons. The minimum absolute atomic E-state index is 0.130. The molecule has 6 rings (SSSR count). The Morgan fingerprint density at radius 3 is 2.29 bits per heavy atom. The van der Waals surface area contributed by atoms with Gasteiger partial charge in [0.05, 0.1) is 21.2 Å². The van der Waals surface area contributed by atoms with Crippen LogP contribution in [0.3, 0.4) is 0 Å². The zero-order valence-electron chi connectivity index (χ0n) is 18.0. The predicted octanol–water partition coefficient (Wildman–Crippen LogP) is 4.06. The summed E-state index contributed by atoms with van der Waals surface area (Å²) < 4.78 is 26.0. The Morgan fingerprint density at radius 2 is 1.68 bits per heavy atom. The van der Waals surface area contributed by atoms with Crippen LogP contribution in [0, 0.1) is 29.1 Å². The van der Waals surface area contributed by atoms with E-state index < -0.39 is 9.84 Å². The normalized spacial score (nSPS) is 32.9. The van der Waals surface area contributed by atoms with Crippen LogP contribution in [-0.2, 0) is 9.84 Å². The Kier molecular flexibility index (Phi) is 5.85. The van der Waals surface area contributed by atoms with E-state index in [9.17, 15) is 13.2 Å². The number of halogens is 1. The number of hydrogen-bond donors (Lipinski definition) is 2. The lowest BCUT2D eigenvalue weighted by Crippen LogP contribution is -2.51. The first-order valence-electron chi connectivity index (χ1n) is 11.8. The van der Waals surface area contributed by atoms with Gasteiger partial charge in [0, 0.05) is 6.54 Å². The molecule has 0 radical (unpaired) electrons. The van der Waals surface area contributed by atoms with Gasteiger partial charge in [-0.05, 0) is 112 Å². The number of hydrogen-bond acceptors (Lipinski definition) is 4. The summed E-state index contributed by atoms with van der Waals surface area (Å²) in [6.07, 6.45) is 9.51. The van der Waals surface area contributed by atoms with Crippen LogP contribution >= 0.6 is 11.6 Å². The summed E-state index contributed by atoms with van der Waals surface area (Å²) in [4.78, 5) is 13.2. The summed E-state index contributed by atoms with van der Waals surface area (Å²) in [5.74, 6) is 2.53. The van der Waals surface area contributed by atoms with Crippen molar-refractivity contribution in [2.75, 3.05) is 25.4 Å². The molecule has 4 saturated carbocycles. The standard InChI is InChI=1S/C24H33ClN2O3S/c25-22-2-1-20(31(29,30)14-16-3-5-26-6-4-16)10-21(22)23(28)27-15-24-11-17-7-18(12-24)9-19(8-17)13-24/h1-2,10,16-19,26H,3-9,11-15H2,(H,27,28). The fourth-order valence-electron chi connectivity index (χ4n) is 7.20. The van der Waals surface area contributed by atoms with Gasteiger partial charge in [0.2, 0.25) is 0 Å². The van der Waals surface area contributed by atoms with Crippen LogP contribution in [-0.4, -0.2) is 39.7 Å². The Hall–Kier alpha value is -1.11. The lowest BCUT2D eigenvalue weighted by atomic mass is 9.49. The molecule has 5 aliphatic rings.